The van der Waals surface area contributed by atoms with Gasteiger partial charge in [-0.15, -0.1) is 11.3 Å². The molecule has 3 atom stereocenters. The Morgan fingerprint density at radius 3 is 2.22 bits per heavy atom. The molecule has 270 valence electrons. The number of fused-ring (bicyclic) bond motifs is 2. The largest absolute Gasteiger partial charge is 0.414 e. The Kier molecular flexibility index (Phi) is 11.2. The SMILES string of the molecule is CO/N=C1\[C@H](Nc2nc(NCC(F)(F)F)nc(C)c2-c2nc3ccccc3s2)C[C@@H]2CO[Si](C(C)C)(C(C)C)O[Si](C(C)C)(C(C)C)O[C@@H]12. The predicted octanol–water partition coefficient (Wildman–Crippen LogP) is 8.80. The minimum absolute atomic E-state index is 0.0827. The molecule has 1 saturated carbocycles. The van der Waals surface area contributed by atoms with E-state index in [9.17, 15) is 13.2 Å². The number of aryl methyl sites for hydroxylation is 1. The maximum Gasteiger partial charge on any atom is 0.405 e. The fourth-order valence-corrected chi connectivity index (χ4v) is 19.5. The Hall–Kier alpha value is -2.64. The lowest BCUT2D eigenvalue weighted by Gasteiger charge is -2.51. The molecule has 3 heterocycles. The van der Waals surface area contributed by atoms with Crippen molar-refractivity contribution in [2.75, 3.05) is 30.9 Å². The molecule has 2 fully saturated rings. The molecule has 0 amide bonds. The molecule has 3 aromatic rings. The second-order valence-electron chi connectivity index (χ2n) is 14.2. The summed E-state index contributed by atoms with van der Waals surface area (Å²) in [7, 11) is -4.24. The number of nitrogens with one attached hydrogen (secondary N) is 2. The van der Waals surface area contributed by atoms with Crippen molar-refractivity contribution in [2.45, 2.75) is 109 Å². The Morgan fingerprint density at radius 1 is 0.980 bits per heavy atom. The minimum Gasteiger partial charge on any atom is -0.414 e. The molecule has 10 nitrogen and oxygen atoms in total. The summed E-state index contributed by atoms with van der Waals surface area (Å²) < 4.78 is 62.4. The van der Waals surface area contributed by atoms with Crippen LogP contribution in [0.25, 0.3) is 20.8 Å². The second-order valence-corrected chi connectivity index (χ2v) is 24.1. The summed E-state index contributed by atoms with van der Waals surface area (Å²) >= 11 is 1.47. The number of oxime groups is 1. The number of hydrogen-bond acceptors (Lipinski definition) is 11. The summed E-state index contributed by atoms with van der Waals surface area (Å²) in [5.74, 6) is 0.126. The number of rotatable bonds is 10. The monoisotopic (exact) mass is 738 g/mol. The van der Waals surface area contributed by atoms with E-state index >= 15 is 0 Å². The average molecular weight is 739 g/mol. The van der Waals surface area contributed by atoms with Crippen molar-refractivity contribution in [3.63, 3.8) is 0 Å². The van der Waals surface area contributed by atoms with Gasteiger partial charge in [-0.25, -0.2) is 9.97 Å². The lowest BCUT2D eigenvalue weighted by Crippen LogP contribution is -2.64. The molecule has 0 spiro atoms. The van der Waals surface area contributed by atoms with Crippen molar-refractivity contribution >= 4 is 56.2 Å². The van der Waals surface area contributed by atoms with Crippen LogP contribution in [0.2, 0.25) is 22.2 Å². The molecule has 49 heavy (non-hydrogen) atoms. The molecular formula is C33H49F3N6O4SSi2. The number of hydrogen-bond donors (Lipinski definition) is 2. The molecule has 1 aromatic carbocycles. The van der Waals surface area contributed by atoms with E-state index in [2.05, 4.69) is 81.1 Å². The highest BCUT2D eigenvalue weighted by Crippen LogP contribution is 2.49. The van der Waals surface area contributed by atoms with E-state index in [1.54, 1.807) is 6.92 Å². The van der Waals surface area contributed by atoms with Gasteiger partial charge in [0.25, 0.3) is 0 Å². The number of anilines is 2. The normalized spacial score (nSPS) is 23.4. The maximum atomic E-state index is 13.2. The van der Waals surface area contributed by atoms with Crippen LogP contribution in [0.3, 0.4) is 0 Å². The topological polar surface area (TPSA) is 112 Å². The molecule has 2 aromatic heterocycles. The Labute approximate surface area is 293 Å². The van der Waals surface area contributed by atoms with E-state index in [0.29, 0.717) is 40.8 Å². The number of para-hydroxylation sites is 1. The molecule has 5 rings (SSSR count). The van der Waals surface area contributed by atoms with Gasteiger partial charge in [-0.1, -0.05) is 72.7 Å². The first-order valence-corrected chi connectivity index (χ1v) is 21.7. The van der Waals surface area contributed by atoms with Crippen LogP contribution in [0.5, 0.6) is 0 Å². The number of benzene rings is 1. The van der Waals surface area contributed by atoms with Gasteiger partial charge in [-0.3, -0.25) is 0 Å². The number of aromatic nitrogens is 3. The van der Waals surface area contributed by atoms with Gasteiger partial charge in [0.1, 0.15) is 30.2 Å². The molecule has 0 unspecified atom stereocenters. The summed E-state index contributed by atoms with van der Waals surface area (Å²) in [4.78, 5) is 19.3. The quantitative estimate of drug-likeness (QED) is 0.156. The first-order valence-electron chi connectivity index (χ1n) is 17.0. The third-order valence-electron chi connectivity index (χ3n) is 9.54. The van der Waals surface area contributed by atoms with Gasteiger partial charge in [0, 0.05) is 12.5 Å². The third kappa shape index (κ3) is 7.54. The fourth-order valence-electron chi connectivity index (χ4n) is 7.14. The van der Waals surface area contributed by atoms with Crippen molar-refractivity contribution in [1.29, 1.82) is 0 Å². The van der Waals surface area contributed by atoms with Crippen LogP contribution in [-0.4, -0.2) is 76.4 Å². The molecule has 1 aliphatic heterocycles. The van der Waals surface area contributed by atoms with Crippen LogP contribution in [-0.2, 0) is 17.8 Å². The van der Waals surface area contributed by atoms with Crippen molar-refractivity contribution in [3.05, 3.63) is 30.0 Å². The Morgan fingerprint density at radius 2 is 1.63 bits per heavy atom. The summed E-state index contributed by atoms with van der Waals surface area (Å²) in [6, 6.07) is 7.32. The van der Waals surface area contributed by atoms with Crippen LogP contribution < -0.4 is 10.6 Å². The summed E-state index contributed by atoms with van der Waals surface area (Å²) in [6.07, 6.45) is -4.33. The number of nitrogens with zero attached hydrogens (tertiary/aromatic N) is 4. The number of alkyl halides is 3. The van der Waals surface area contributed by atoms with Gasteiger partial charge >= 0.3 is 23.3 Å². The van der Waals surface area contributed by atoms with E-state index in [1.165, 1.54) is 18.4 Å². The molecule has 2 N–H and O–H groups in total. The van der Waals surface area contributed by atoms with Crippen LogP contribution in [0.15, 0.2) is 29.4 Å². The summed E-state index contributed by atoms with van der Waals surface area (Å²) in [6.45, 7) is 18.3. The second kappa shape index (κ2) is 14.5. The molecule has 0 bridgehead atoms. The molecule has 16 heteroatoms. The summed E-state index contributed by atoms with van der Waals surface area (Å²) in [5.41, 5.74) is 3.17. The van der Waals surface area contributed by atoms with Gasteiger partial charge in [0.05, 0.1) is 33.6 Å². The van der Waals surface area contributed by atoms with Crippen LogP contribution >= 0.6 is 11.3 Å². The zero-order valence-corrected chi connectivity index (χ0v) is 32.8. The zero-order chi connectivity index (χ0) is 35.9. The average Bonchev–Trinajstić information content (AvgIpc) is 3.56. The Bertz CT molecular complexity index is 1610. The summed E-state index contributed by atoms with van der Waals surface area (Å²) in [5, 5.41) is 11.1. The van der Waals surface area contributed by atoms with E-state index < -0.39 is 42.0 Å². The van der Waals surface area contributed by atoms with Crippen molar-refractivity contribution < 1.29 is 31.0 Å². The predicted molar refractivity (Wildman–Crippen MR) is 194 cm³/mol. The van der Waals surface area contributed by atoms with Gasteiger partial charge in [-0.2, -0.15) is 18.2 Å². The first-order chi connectivity index (χ1) is 23.0. The zero-order valence-electron chi connectivity index (χ0n) is 29.9. The van der Waals surface area contributed by atoms with Crippen LogP contribution in [0.1, 0.15) is 67.5 Å². The number of thiazole rings is 1. The van der Waals surface area contributed by atoms with E-state index in [0.717, 1.165) is 10.2 Å². The molecule has 2 aliphatic rings. The van der Waals surface area contributed by atoms with Gasteiger partial charge in [-0.05, 0) is 47.6 Å². The standard InChI is InChI=1S/C33H49F3N6O4SSi2/c1-18(2)48(19(3)4)44-16-23-15-25(28(42-43-10)29(23)45-49(46-48,20(5)6)21(7)8)39-30-27(31-40-24-13-11-12-14-26(24)47-31)22(9)38-32(41-30)37-17-33(34,35)36/h11-14,18-21,23,25,29H,15-17H2,1-10H3,(H2,37,38,39,41)/b42-28+/t23-,25-,29-/m1/s1. The highest BCUT2D eigenvalue weighted by Gasteiger charge is 2.61. The van der Waals surface area contributed by atoms with Crippen LogP contribution in [0, 0.1) is 12.8 Å². The van der Waals surface area contributed by atoms with E-state index in [4.69, 9.17) is 22.8 Å². The van der Waals surface area contributed by atoms with Crippen LogP contribution in [0.4, 0.5) is 24.9 Å². The maximum absolute atomic E-state index is 13.2. The van der Waals surface area contributed by atoms with Crippen molar-refractivity contribution in [3.8, 4) is 10.6 Å². The molecule has 1 saturated heterocycles. The van der Waals surface area contributed by atoms with Crippen molar-refractivity contribution in [1.82, 2.24) is 15.0 Å². The molecule has 1 aliphatic carbocycles. The molecule has 0 radical (unpaired) electrons. The lowest BCUT2D eigenvalue weighted by molar-refractivity contribution is -0.115. The van der Waals surface area contributed by atoms with Gasteiger partial charge in [0.2, 0.25) is 5.95 Å². The first kappa shape index (κ1) is 37.6. The van der Waals surface area contributed by atoms with Gasteiger partial charge < -0.3 is 28.4 Å². The lowest BCUT2D eigenvalue weighted by atomic mass is 10.1. The highest BCUT2D eigenvalue weighted by molar-refractivity contribution is 7.21. The smallest absolute Gasteiger partial charge is 0.405 e. The van der Waals surface area contributed by atoms with Gasteiger partial charge in [0.15, 0.2) is 0 Å². The van der Waals surface area contributed by atoms with E-state index in [-0.39, 0.29) is 34.0 Å². The third-order valence-corrected chi connectivity index (χ3v) is 20.8. The van der Waals surface area contributed by atoms with E-state index in [1.807, 2.05) is 24.3 Å². The Balaban J connectivity index is 1.60. The minimum atomic E-state index is -4.44. The van der Waals surface area contributed by atoms with Crippen molar-refractivity contribution in [2.24, 2.45) is 11.1 Å². The number of halogens is 3. The fraction of sp³-hybridized carbons (Fsp3) is 0.636. The highest BCUT2D eigenvalue weighted by atomic mass is 32.1. The molecular weight excluding hydrogens is 690 g/mol.